The van der Waals surface area contributed by atoms with Crippen molar-refractivity contribution in [3.05, 3.63) is 0 Å². The molecule has 120 valence electrons. The van der Waals surface area contributed by atoms with Gasteiger partial charge in [-0.15, -0.1) is 0 Å². The van der Waals surface area contributed by atoms with Gasteiger partial charge in [0.15, 0.2) is 0 Å². The van der Waals surface area contributed by atoms with Crippen LogP contribution in [-0.4, -0.2) is 41.9 Å². The number of carboxylic acids is 1. The van der Waals surface area contributed by atoms with Gasteiger partial charge in [-0.1, -0.05) is 12.8 Å². The Balaban J connectivity index is 1.85. The van der Waals surface area contributed by atoms with Gasteiger partial charge in [-0.05, 0) is 38.5 Å². The Labute approximate surface area is 125 Å². The van der Waals surface area contributed by atoms with Crippen molar-refractivity contribution in [2.75, 3.05) is 13.2 Å². The SMILES string of the molecule is CC(NC(=O)NC1(CC(=O)O)CCCC1)C1CCOCC1. The van der Waals surface area contributed by atoms with E-state index in [2.05, 4.69) is 10.6 Å². The van der Waals surface area contributed by atoms with E-state index in [1.807, 2.05) is 6.92 Å². The molecule has 0 radical (unpaired) electrons. The molecule has 1 unspecified atom stereocenters. The van der Waals surface area contributed by atoms with E-state index < -0.39 is 11.5 Å². The van der Waals surface area contributed by atoms with Gasteiger partial charge in [-0.3, -0.25) is 4.79 Å². The smallest absolute Gasteiger partial charge is 0.315 e. The second kappa shape index (κ2) is 7.11. The summed E-state index contributed by atoms with van der Waals surface area (Å²) in [6, 6.07) is -0.158. The average Bonchev–Trinajstić information content (AvgIpc) is 2.86. The zero-order valence-electron chi connectivity index (χ0n) is 12.7. The Morgan fingerprint density at radius 1 is 1.29 bits per heavy atom. The number of hydrogen-bond donors (Lipinski definition) is 3. The number of urea groups is 1. The summed E-state index contributed by atoms with van der Waals surface area (Å²) in [5, 5.41) is 15.0. The zero-order valence-corrected chi connectivity index (χ0v) is 12.7. The first-order chi connectivity index (χ1) is 10.0. The molecular weight excluding hydrogens is 272 g/mol. The van der Waals surface area contributed by atoms with Crippen molar-refractivity contribution in [1.82, 2.24) is 10.6 Å². The van der Waals surface area contributed by atoms with Gasteiger partial charge in [-0.2, -0.15) is 0 Å². The van der Waals surface area contributed by atoms with Crippen LogP contribution in [-0.2, 0) is 9.53 Å². The number of nitrogens with one attached hydrogen (secondary N) is 2. The van der Waals surface area contributed by atoms with E-state index in [9.17, 15) is 9.59 Å². The number of amides is 2. The van der Waals surface area contributed by atoms with Crippen molar-refractivity contribution < 1.29 is 19.4 Å². The first kappa shape index (κ1) is 16.1. The van der Waals surface area contributed by atoms with Gasteiger partial charge in [0.2, 0.25) is 0 Å². The first-order valence-electron chi connectivity index (χ1n) is 7.89. The van der Waals surface area contributed by atoms with Crippen molar-refractivity contribution in [2.45, 2.75) is 63.5 Å². The molecule has 2 fully saturated rings. The first-order valence-corrected chi connectivity index (χ1v) is 7.89. The van der Waals surface area contributed by atoms with Gasteiger partial charge in [0.05, 0.1) is 12.0 Å². The van der Waals surface area contributed by atoms with E-state index in [0.717, 1.165) is 51.7 Å². The van der Waals surface area contributed by atoms with Crippen molar-refractivity contribution >= 4 is 12.0 Å². The summed E-state index contributed by atoms with van der Waals surface area (Å²) >= 11 is 0. The Morgan fingerprint density at radius 3 is 2.48 bits per heavy atom. The van der Waals surface area contributed by atoms with E-state index in [1.165, 1.54) is 0 Å². The lowest BCUT2D eigenvalue weighted by Gasteiger charge is -2.32. The Kier molecular flexibility index (Phi) is 5.45. The lowest BCUT2D eigenvalue weighted by molar-refractivity contribution is -0.138. The van der Waals surface area contributed by atoms with E-state index >= 15 is 0 Å². The maximum Gasteiger partial charge on any atom is 0.315 e. The quantitative estimate of drug-likeness (QED) is 0.723. The highest BCUT2D eigenvalue weighted by Crippen LogP contribution is 2.32. The highest BCUT2D eigenvalue weighted by molar-refractivity contribution is 5.77. The molecule has 0 aromatic heterocycles. The molecule has 1 atom stereocenters. The molecule has 0 aromatic rings. The molecular formula is C15H26N2O4. The largest absolute Gasteiger partial charge is 0.481 e. The molecule has 1 heterocycles. The summed E-state index contributed by atoms with van der Waals surface area (Å²) in [6.07, 6.45) is 5.37. The van der Waals surface area contributed by atoms with Crippen molar-refractivity contribution in [3.8, 4) is 0 Å². The molecule has 1 aliphatic carbocycles. The number of rotatable bonds is 5. The van der Waals surface area contributed by atoms with Crippen LogP contribution >= 0.6 is 0 Å². The number of carbonyl (C=O) groups is 2. The number of carbonyl (C=O) groups excluding carboxylic acids is 1. The molecule has 6 heteroatoms. The molecule has 6 nitrogen and oxygen atoms in total. The summed E-state index contributed by atoms with van der Waals surface area (Å²) < 4.78 is 5.33. The molecule has 21 heavy (non-hydrogen) atoms. The fourth-order valence-corrected chi connectivity index (χ4v) is 3.50. The van der Waals surface area contributed by atoms with Gasteiger partial charge in [0, 0.05) is 19.3 Å². The van der Waals surface area contributed by atoms with Gasteiger partial charge < -0.3 is 20.5 Å². The third-order valence-electron chi connectivity index (χ3n) is 4.76. The minimum absolute atomic E-state index is 0.00602. The van der Waals surface area contributed by atoms with Gasteiger partial charge in [0.1, 0.15) is 0 Å². The van der Waals surface area contributed by atoms with E-state index in [1.54, 1.807) is 0 Å². The molecule has 0 spiro atoms. The maximum atomic E-state index is 12.2. The van der Waals surface area contributed by atoms with Crippen LogP contribution in [0.5, 0.6) is 0 Å². The Hall–Kier alpha value is -1.30. The molecule has 2 aliphatic rings. The number of hydrogen-bond acceptors (Lipinski definition) is 3. The summed E-state index contributed by atoms with van der Waals surface area (Å²) in [7, 11) is 0. The minimum atomic E-state index is -0.852. The lowest BCUT2D eigenvalue weighted by Crippen LogP contribution is -2.54. The Bertz CT molecular complexity index is 374. The van der Waals surface area contributed by atoms with Crippen molar-refractivity contribution in [1.29, 1.82) is 0 Å². The van der Waals surface area contributed by atoms with E-state index in [4.69, 9.17) is 9.84 Å². The normalized spacial score (nSPS) is 23.5. The van der Waals surface area contributed by atoms with Crippen LogP contribution in [0.15, 0.2) is 0 Å². The monoisotopic (exact) mass is 298 g/mol. The molecule has 3 N–H and O–H groups in total. The van der Waals surface area contributed by atoms with E-state index in [-0.39, 0.29) is 18.5 Å². The van der Waals surface area contributed by atoms with Gasteiger partial charge >= 0.3 is 12.0 Å². The van der Waals surface area contributed by atoms with Crippen LogP contribution in [0.25, 0.3) is 0 Å². The van der Waals surface area contributed by atoms with E-state index in [0.29, 0.717) is 5.92 Å². The number of carboxylic acid groups (broad SMARTS) is 1. The molecule has 2 amide bonds. The zero-order chi connectivity index (χ0) is 15.3. The average molecular weight is 298 g/mol. The predicted octanol–water partition coefficient (Wildman–Crippen LogP) is 1.89. The highest BCUT2D eigenvalue weighted by Gasteiger charge is 2.37. The number of aliphatic carboxylic acids is 1. The fourth-order valence-electron chi connectivity index (χ4n) is 3.50. The minimum Gasteiger partial charge on any atom is -0.481 e. The third kappa shape index (κ3) is 4.59. The summed E-state index contributed by atoms with van der Waals surface area (Å²) in [5.74, 6) is -0.418. The van der Waals surface area contributed by atoms with Gasteiger partial charge in [0.25, 0.3) is 0 Å². The standard InChI is InChI=1S/C15H26N2O4/c1-11(12-4-8-21-9-5-12)16-14(20)17-15(10-13(18)19)6-2-3-7-15/h11-12H,2-10H2,1H3,(H,18,19)(H2,16,17,20). The predicted molar refractivity (Wildman–Crippen MR) is 78.1 cm³/mol. The molecule has 1 saturated carbocycles. The second-order valence-electron chi connectivity index (χ2n) is 6.39. The van der Waals surface area contributed by atoms with Crippen LogP contribution in [0.2, 0.25) is 0 Å². The summed E-state index contributed by atoms with van der Waals surface area (Å²) in [4.78, 5) is 23.2. The molecule has 0 aromatic carbocycles. The third-order valence-corrected chi connectivity index (χ3v) is 4.76. The molecule has 1 saturated heterocycles. The van der Waals surface area contributed by atoms with Crippen LogP contribution in [0.4, 0.5) is 4.79 Å². The van der Waals surface area contributed by atoms with Crippen LogP contribution < -0.4 is 10.6 Å². The summed E-state index contributed by atoms with van der Waals surface area (Å²) in [6.45, 7) is 3.51. The summed E-state index contributed by atoms with van der Waals surface area (Å²) in [5.41, 5.74) is -0.564. The van der Waals surface area contributed by atoms with Crippen LogP contribution in [0.1, 0.15) is 51.9 Å². The topological polar surface area (TPSA) is 87.7 Å². The molecule has 1 aliphatic heterocycles. The maximum absolute atomic E-state index is 12.2. The second-order valence-corrected chi connectivity index (χ2v) is 6.39. The lowest BCUT2D eigenvalue weighted by atomic mass is 9.92. The Morgan fingerprint density at radius 2 is 1.90 bits per heavy atom. The van der Waals surface area contributed by atoms with Gasteiger partial charge in [-0.25, -0.2) is 4.79 Å². The fraction of sp³-hybridized carbons (Fsp3) is 0.867. The molecule has 0 bridgehead atoms. The van der Waals surface area contributed by atoms with Crippen LogP contribution in [0.3, 0.4) is 0 Å². The highest BCUT2D eigenvalue weighted by atomic mass is 16.5. The van der Waals surface area contributed by atoms with Crippen molar-refractivity contribution in [3.63, 3.8) is 0 Å². The van der Waals surface area contributed by atoms with Crippen LogP contribution in [0, 0.1) is 5.92 Å². The molecule has 2 rings (SSSR count). The number of ether oxygens (including phenoxy) is 1. The van der Waals surface area contributed by atoms with Crippen molar-refractivity contribution in [2.24, 2.45) is 5.92 Å².